The summed E-state index contributed by atoms with van der Waals surface area (Å²) in [4.78, 5) is 0. The summed E-state index contributed by atoms with van der Waals surface area (Å²) in [7, 11) is 0. The minimum Gasteiger partial charge on any atom is -0.207 e. The highest BCUT2D eigenvalue weighted by atomic mass is 35.5. The van der Waals surface area contributed by atoms with Gasteiger partial charge in [0, 0.05) is 5.92 Å². The lowest BCUT2D eigenvalue weighted by Gasteiger charge is -2.14. The molecule has 0 N–H and O–H groups in total. The number of fused-ring (bicyclic) bond motifs is 1. The van der Waals surface area contributed by atoms with Crippen molar-refractivity contribution in [3.8, 4) is 0 Å². The Morgan fingerprint density at radius 1 is 0.952 bits per heavy atom. The van der Waals surface area contributed by atoms with Crippen molar-refractivity contribution in [3.63, 3.8) is 0 Å². The van der Waals surface area contributed by atoms with Gasteiger partial charge in [0.1, 0.15) is 5.82 Å². The number of alkyl halides is 4. The summed E-state index contributed by atoms with van der Waals surface area (Å²) in [6, 6.07) is 9.47. The molecule has 5 heteroatoms. The first-order chi connectivity index (χ1) is 9.86. The fourth-order valence-corrected chi connectivity index (χ4v) is 3.19. The summed E-state index contributed by atoms with van der Waals surface area (Å²) >= 11 is 6.23. The average Bonchev–Trinajstić information content (AvgIpc) is 2.76. The second-order valence-corrected chi connectivity index (χ2v) is 5.68. The highest BCUT2D eigenvalue weighted by Crippen LogP contribution is 2.48. The smallest absolute Gasteiger partial charge is 0.207 e. The predicted octanol–water partition coefficient (Wildman–Crippen LogP) is 5.66. The van der Waals surface area contributed by atoms with E-state index in [2.05, 4.69) is 0 Å². The lowest BCUT2D eigenvalue weighted by atomic mass is 9.92. The Hall–Kier alpha value is -1.55. The van der Waals surface area contributed by atoms with Crippen LogP contribution in [-0.4, -0.2) is 0 Å². The van der Waals surface area contributed by atoms with E-state index in [0.717, 1.165) is 23.3 Å². The first-order valence-electron chi connectivity index (χ1n) is 6.47. The van der Waals surface area contributed by atoms with E-state index >= 15 is 0 Å². The van der Waals surface area contributed by atoms with E-state index in [9.17, 15) is 17.6 Å². The first-order valence-corrected chi connectivity index (χ1v) is 6.90. The Morgan fingerprint density at radius 3 is 2.24 bits per heavy atom. The third-order valence-corrected chi connectivity index (χ3v) is 4.26. The van der Waals surface area contributed by atoms with E-state index in [-0.39, 0.29) is 17.1 Å². The van der Waals surface area contributed by atoms with E-state index < -0.39 is 11.7 Å². The Balaban J connectivity index is 2.07. The van der Waals surface area contributed by atoms with Gasteiger partial charge in [-0.15, -0.1) is 11.6 Å². The van der Waals surface area contributed by atoms with Crippen LogP contribution in [0.3, 0.4) is 0 Å². The van der Waals surface area contributed by atoms with E-state index in [1.54, 1.807) is 12.1 Å². The molecular weight excluding hydrogens is 304 g/mol. The summed E-state index contributed by atoms with van der Waals surface area (Å²) in [5.74, 6) is -0.603. The van der Waals surface area contributed by atoms with Gasteiger partial charge < -0.3 is 0 Å². The Labute approximate surface area is 124 Å². The molecule has 2 aromatic carbocycles. The summed E-state index contributed by atoms with van der Waals surface area (Å²) < 4.78 is 51.6. The van der Waals surface area contributed by atoms with E-state index in [1.807, 2.05) is 0 Å². The normalized spacial score (nSPS) is 21.4. The Kier molecular flexibility index (Phi) is 3.44. The predicted molar refractivity (Wildman–Crippen MR) is 72.9 cm³/mol. The Bertz CT molecular complexity index is 661. The Morgan fingerprint density at radius 2 is 1.62 bits per heavy atom. The summed E-state index contributed by atoms with van der Waals surface area (Å²) in [6.07, 6.45) is -3.86. The molecule has 0 heterocycles. The zero-order valence-corrected chi connectivity index (χ0v) is 11.5. The number of benzene rings is 2. The van der Waals surface area contributed by atoms with Gasteiger partial charge in [0.15, 0.2) is 0 Å². The summed E-state index contributed by atoms with van der Waals surface area (Å²) in [5, 5.41) is -0.322. The van der Waals surface area contributed by atoms with Crippen molar-refractivity contribution in [1.29, 1.82) is 0 Å². The van der Waals surface area contributed by atoms with Crippen LogP contribution in [0.4, 0.5) is 17.6 Å². The molecule has 21 heavy (non-hydrogen) atoms. The van der Waals surface area contributed by atoms with Crippen LogP contribution in [0.2, 0.25) is 0 Å². The van der Waals surface area contributed by atoms with Crippen LogP contribution in [0.25, 0.3) is 0 Å². The molecule has 110 valence electrons. The zero-order valence-electron chi connectivity index (χ0n) is 10.8. The molecule has 1 aliphatic rings. The van der Waals surface area contributed by atoms with Gasteiger partial charge in [0.2, 0.25) is 0 Å². The van der Waals surface area contributed by atoms with E-state index in [4.69, 9.17) is 11.6 Å². The second kappa shape index (κ2) is 5.02. The van der Waals surface area contributed by atoms with Crippen LogP contribution in [0, 0.1) is 5.82 Å². The maximum absolute atomic E-state index is 13.0. The molecule has 0 nitrogen and oxygen atoms in total. The maximum atomic E-state index is 13.0. The van der Waals surface area contributed by atoms with Crippen molar-refractivity contribution < 1.29 is 17.6 Å². The average molecular weight is 315 g/mol. The van der Waals surface area contributed by atoms with Crippen LogP contribution >= 0.6 is 11.6 Å². The lowest BCUT2D eigenvalue weighted by molar-refractivity contribution is -0.137. The monoisotopic (exact) mass is 314 g/mol. The fourth-order valence-electron chi connectivity index (χ4n) is 2.81. The van der Waals surface area contributed by atoms with Gasteiger partial charge in [0.25, 0.3) is 0 Å². The molecule has 0 fully saturated rings. The molecule has 0 aliphatic heterocycles. The quantitative estimate of drug-likeness (QED) is 0.470. The highest BCUT2D eigenvalue weighted by Gasteiger charge is 2.36. The third-order valence-electron chi connectivity index (χ3n) is 3.84. The molecular formula is C16H11ClF4. The molecule has 0 bridgehead atoms. The van der Waals surface area contributed by atoms with Gasteiger partial charge in [-0.25, -0.2) is 4.39 Å². The minimum absolute atomic E-state index is 0.231. The van der Waals surface area contributed by atoms with Crippen molar-refractivity contribution in [2.24, 2.45) is 0 Å². The molecule has 0 saturated heterocycles. The largest absolute Gasteiger partial charge is 0.416 e. The van der Waals surface area contributed by atoms with Crippen LogP contribution in [-0.2, 0) is 6.18 Å². The second-order valence-electron chi connectivity index (χ2n) is 5.15. The molecule has 2 unspecified atom stereocenters. The molecule has 0 amide bonds. The molecule has 0 spiro atoms. The summed E-state index contributed by atoms with van der Waals surface area (Å²) in [5.41, 5.74) is 1.40. The molecule has 0 aromatic heterocycles. The molecule has 2 aromatic rings. The first kappa shape index (κ1) is 14.4. The molecule has 2 atom stereocenters. The third kappa shape index (κ3) is 2.64. The van der Waals surface area contributed by atoms with Gasteiger partial charge in [0.05, 0.1) is 10.9 Å². The topological polar surface area (TPSA) is 0 Å². The number of halogens is 5. The van der Waals surface area contributed by atoms with Gasteiger partial charge in [-0.1, -0.05) is 18.2 Å². The number of hydrogen-bond donors (Lipinski definition) is 0. The highest BCUT2D eigenvalue weighted by molar-refractivity contribution is 6.21. The van der Waals surface area contributed by atoms with Gasteiger partial charge in [-0.3, -0.25) is 0 Å². The minimum atomic E-state index is -4.38. The van der Waals surface area contributed by atoms with Crippen LogP contribution in [0.1, 0.15) is 40.0 Å². The zero-order chi connectivity index (χ0) is 15.2. The van der Waals surface area contributed by atoms with Crippen molar-refractivity contribution in [1.82, 2.24) is 0 Å². The molecule has 0 radical (unpaired) electrons. The maximum Gasteiger partial charge on any atom is 0.416 e. The van der Waals surface area contributed by atoms with Crippen LogP contribution in [0.5, 0.6) is 0 Å². The summed E-state index contributed by atoms with van der Waals surface area (Å²) in [6.45, 7) is 0. The van der Waals surface area contributed by atoms with Gasteiger partial charge in [-0.05, 0) is 47.4 Å². The van der Waals surface area contributed by atoms with Crippen molar-refractivity contribution in [2.75, 3.05) is 0 Å². The van der Waals surface area contributed by atoms with Crippen molar-refractivity contribution in [3.05, 3.63) is 70.5 Å². The number of rotatable bonds is 1. The van der Waals surface area contributed by atoms with E-state index in [0.29, 0.717) is 12.0 Å². The standard InChI is InChI=1S/C16H11ClF4/c17-15-8-13(9-1-4-11(18)5-2-9)14-7-10(16(19,20)21)3-6-12(14)15/h1-7,13,15H,8H2. The number of hydrogen-bond acceptors (Lipinski definition) is 0. The van der Waals surface area contributed by atoms with E-state index in [1.165, 1.54) is 18.2 Å². The van der Waals surface area contributed by atoms with Gasteiger partial charge >= 0.3 is 6.18 Å². The lowest BCUT2D eigenvalue weighted by Crippen LogP contribution is -2.06. The van der Waals surface area contributed by atoms with Crippen molar-refractivity contribution >= 4 is 11.6 Å². The molecule has 3 rings (SSSR count). The van der Waals surface area contributed by atoms with Gasteiger partial charge in [-0.2, -0.15) is 13.2 Å². The van der Waals surface area contributed by atoms with Crippen LogP contribution in [0.15, 0.2) is 42.5 Å². The van der Waals surface area contributed by atoms with Crippen molar-refractivity contribution in [2.45, 2.75) is 23.9 Å². The SMILES string of the molecule is Fc1ccc(C2CC(Cl)c3ccc(C(F)(F)F)cc32)cc1. The molecule has 1 aliphatic carbocycles. The molecule has 0 saturated carbocycles. The van der Waals surface area contributed by atoms with Crippen LogP contribution < -0.4 is 0 Å². The fraction of sp³-hybridized carbons (Fsp3) is 0.250.